The van der Waals surface area contributed by atoms with Crippen molar-refractivity contribution in [2.75, 3.05) is 14.1 Å². The van der Waals surface area contributed by atoms with Crippen molar-refractivity contribution in [2.45, 2.75) is 114 Å². The first-order valence-corrected chi connectivity index (χ1v) is 12.5. The molecule has 29 heavy (non-hydrogen) atoms. The van der Waals surface area contributed by atoms with Gasteiger partial charge in [0.15, 0.2) is 0 Å². The maximum absolute atomic E-state index is 12.0. The summed E-state index contributed by atoms with van der Waals surface area (Å²) in [6, 6.07) is 3.65. The fourth-order valence-corrected chi connectivity index (χ4v) is 7.02. The fraction of sp³-hybridized carbons (Fsp3) is 0.958. The molecule has 3 saturated carbocycles. The number of carbonyl (C=O) groups is 1. The van der Waals surface area contributed by atoms with Gasteiger partial charge in [0.05, 0.1) is 0 Å². The first kappa shape index (κ1) is 21.7. The summed E-state index contributed by atoms with van der Waals surface area (Å²) >= 11 is 0. The number of Topliss-reactive ketones (excluding diaryl/α,β-unsaturated/α-hetero) is 1. The van der Waals surface area contributed by atoms with Gasteiger partial charge in [0.2, 0.25) is 0 Å². The van der Waals surface area contributed by atoms with E-state index in [2.05, 4.69) is 35.4 Å². The molecule has 1 aliphatic heterocycles. The summed E-state index contributed by atoms with van der Waals surface area (Å²) in [5.74, 6) is 2.24. The van der Waals surface area contributed by atoms with E-state index in [9.17, 15) is 4.79 Å². The van der Waals surface area contributed by atoms with Crippen molar-refractivity contribution < 1.29 is 4.79 Å². The largest absolute Gasteiger partial charge is 0.317 e. The lowest BCUT2D eigenvalue weighted by atomic mass is 9.69. The van der Waals surface area contributed by atoms with Crippen LogP contribution in [0.4, 0.5) is 0 Å². The molecule has 0 aromatic rings. The van der Waals surface area contributed by atoms with E-state index in [1.165, 1.54) is 51.4 Å². The van der Waals surface area contributed by atoms with Gasteiger partial charge in [0, 0.05) is 42.2 Å². The number of ketones is 1. The monoisotopic (exact) mass is 404 g/mol. The Bertz CT molecular complexity index is 539. The molecule has 0 radical (unpaired) electrons. The van der Waals surface area contributed by atoms with E-state index in [1.807, 2.05) is 0 Å². The summed E-state index contributed by atoms with van der Waals surface area (Å²) in [7, 11) is 4.23. The van der Waals surface area contributed by atoms with E-state index in [1.54, 1.807) is 6.92 Å². The van der Waals surface area contributed by atoms with Crippen LogP contribution >= 0.6 is 0 Å². The van der Waals surface area contributed by atoms with E-state index in [0.717, 1.165) is 31.1 Å². The molecule has 1 saturated heterocycles. The van der Waals surface area contributed by atoms with E-state index in [-0.39, 0.29) is 5.92 Å². The first-order chi connectivity index (χ1) is 14.1. The predicted molar refractivity (Wildman–Crippen MR) is 119 cm³/mol. The van der Waals surface area contributed by atoms with Gasteiger partial charge >= 0.3 is 0 Å². The molecule has 166 valence electrons. The van der Waals surface area contributed by atoms with Gasteiger partial charge in [-0.3, -0.25) is 4.79 Å². The van der Waals surface area contributed by atoms with Crippen molar-refractivity contribution in [1.29, 1.82) is 0 Å². The third-order valence-electron chi connectivity index (χ3n) is 9.00. The lowest BCUT2D eigenvalue weighted by Gasteiger charge is -2.53. The van der Waals surface area contributed by atoms with Gasteiger partial charge in [-0.1, -0.05) is 0 Å². The Morgan fingerprint density at radius 2 is 1.17 bits per heavy atom. The average molecular weight is 405 g/mol. The van der Waals surface area contributed by atoms with Crippen molar-refractivity contribution in [3.63, 3.8) is 0 Å². The molecule has 0 spiro atoms. The Morgan fingerprint density at radius 1 is 0.690 bits per heavy atom. The van der Waals surface area contributed by atoms with Crippen LogP contribution in [0.1, 0.15) is 77.6 Å². The van der Waals surface area contributed by atoms with E-state index in [0.29, 0.717) is 42.0 Å². The standard InChI is InChI=1S/C24H44N4O/c1-15(29)18-8-13-21-22(14-18)28-24(17-6-11-20(26-3)12-7-17)23(27-21)16-4-9-19(25-2)10-5-16/h16-28H,4-14H2,1-3H3. The topological polar surface area (TPSA) is 65.2 Å². The molecule has 5 unspecified atom stereocenters. The third-order valence-corrected chi connectivity index (χ3v) is 9.00. The second kappa shape index (κ2) is 9.76. The van der Waals surface area contributed by atoms with Gasteiger partial charge in [-0.15, -0.1) is 0 Å². The van der Waals surface area contributed by atoms with Crippen molar-refractivity contribution in [1.82, 2.24) is 21.3 Å². The molecule has 4 rings (SSSR count). The number of carbonyl (C=O) groups excluding carboxylic acids is 1. The molecule has 0 bridgehead atoms. The smallest absolute Gasteiger partial charge is 0.132 e. The van der Waals surface area contributed by atoms with Crippen LogP contribution in [0.15, 0.2) is 0 Å². The Balaban J connectivity index is 1.47. The summed E-state index contributed by atoms with van der Waals surface area (Å²) in [6.07, 6.45) is 13.9. The lowest BCUT2D eigenvalue weighted by molar-refractivity contribution is -0.122. The maximum Gasteiger partial charge on any atom is 0.132 e. The zero-order valence-corrected chi connectivity index (χ0v) is 18.9. The van der Waals surface area contributed by atoms with Crippen molar-refractivity contribution in [3.8, 4) is 0 Å². The summed E-state index contributed by atoms with van der Waals surface area (Å²) < 4.78 is 0. The molecule has 5 heteroatoms. The van der Waals surface area contributed by atoms with Crippen LogP contribution in [-0.2, 0) is 4.79 Å². The fourth-order valence-electron chi connectivity index (χ4n) is 7.02. The van der Waals surface area contributed by atoms with E-state index >= 15 is 0 Å². The minimum Gasteiger partial charge on any atom is -0.317 e. The number of fused-ring (bicyclic) bond motifs is 1. The van der Waals surface area contributed by atoms with Crippen molar-refractivity contribution in [2.24, 2.45) is 17.8 Å². The first-order valence-electron chi connectivity index (χ1n) is 12.5. The molecule has 4 aliphatic rings. The van der Waals surface area contributed by atoms with Crippen LogP contribution < -0.4 is 21.3 Å². The van der Waals surface area contributed by atoms with Crippen LogP contribution in [0.3, 0.4) is 0 Å². The second-order valence-electron chi connectivity index (χ2n) is 10.5. The van der Waals surface area contributed by atoms with Crippen LogP contribution in [0, 0.1) is 17.8 Å². The van der Waals surface area contributed by atoms with Crippen LogP contribution in [0.25, 0.3) is 0 Å². The molecule has 5 nitrogen and oxygen atoms in total. The number of rotatable bonds is 5. The van der Waals surface area contributed by atoms with Crippen molar-refractivity contribution in [3.05, 3.63) is 0 Å². The van der Waals surface area contributed by atoms with Gasteiger partial charge in [0.25, 0.3) is 0 Å². The third kappa shape index (κ3) is 4.89. The zero-order valence-electron chi connectivity index (χ0n) is 18.9. The van der Waals surface area contributed by atoms with Gasteiger partial charge in [-0.25, -0.2) is 0 Å². The molecule has 5 atom stereocenters. The molecular formula is C24H44N4O. The molecule has 1 heterocycles. The van der Waals surface area contributed by atoms with Crippen LogP contribution in [0.5, 0.6) is 0 Å². The second-order valence-corrected chi connectivity index (χ2v) is 10.5. The number of hydrogen-bond donors (Lipinski definition) is 4. The highest BCUT2D eigenvalue weighted by molar-refractivity contribution is 5.78. The Morgan fingerprint density at radius 3 is 1.62 bits per heavy atom. The van der Waals surface area contributed by atoms with Gasteiger partial charge < -0.3 is 21.3 Å². The molecule has 0 aromatic carbocycles. The highest BCUT2D eigenvalue weighted by Crippen LogP contribution is 2.38. The van der Waals surface area contributed by atoms with Crippen molar-refractivity contribution >= 4 is 5.78 Å². The Labute approximate surface area is 177 Å². The highest BCUT2D eigenvalue weighted by atomic mass is 16.1. The number of nitrogens with one attached hydrogen (secondary N) is 4. The highest BCUT2D eigenvalue weighted by Gasteiger charge is 2.46. The summed E-state index contributed by atoms with van der Waals surface area (Å²) in [6.45, 7) is 1.79. The minimum absolute atomic E-state index is 0.272. The molecular weight excluding hydrogens is 360 g/mol. The summed E-state index contributed by atoms with van der Waals surface area (Å²) in [4.78, 5) is 12.0. The van der Waals surface area contributed by atoms with Crippen LogP contribution in [0.2, 0.25) is 0 Å². The zero-order chi connectivity index (χ0) is 20.4. The molecule has 0 amide bonds. The van der Waals surface area contributed by atoms with Crippen LogP contribution in [-0.4, -0.2) is 56.1 Å². The summed E-state index contributed by atoms with van der Waals surface area (Å²) in [5, 5.41) is 15.3. The Hall–Kier alpha value is -0.490. The SMILES string of the molecule is CNC1CCC(C2NC3CCC(C(C)=O)CC3NC2C2CCC(NC)CC2)CC1. The average Bonchev–Trinajstić information content (AvgIpc) is 2.78. The van der Waals surface area contributed by atoms with E-state index < -0.39 is 0 Å². The molecule has 4 N–H and O–H groups in total. The predicted octanol–water partition coefficient (Wildman–Crippen LogP) is 2.60. The molecule has 0 aromatic heterocycles. The van der Waals surface area contributed by atoms with E-state index in [4.69, 9.17) is 0 Å². The number of piperazine rings is 1. The minimum atomic E-state index is 0.272. The normalized spacial score (nSPS) is 46.1. The maximum atomic E-state index is 12.0. The molecule has 3 aliphatic carbocycles. The van der Waals surface area contributed by atoms with Gasteiger partial charge in [-0.2, -0.15) is 0 Å². The summed E-state index contributed by atoms with van der Waals surface area (Å²) in [5.41, 5.74) is 0. The lowest BCUT2D eigenvalue weighted by Crippen LogP contribution is -2.71. The van der Waals surface area contributed by atoms with Gasteiger partial charge in [0.1, 0.15) is 5.78 Å². The quantitative estimate of drug-likeness (QED) is 0.567. The molecule has 4 fully saturated rings. The Kier molecular flexibility index (Phi) is 7.31. The van der Waals surface area contributed by atoms with Gasteiger partial charge in [-0.05, 0) is 103 Å². The number of hydrogen-bond acceptors (Lipinski definition) is 5.